The number of pyridine rings is 1. The number of aromatic nitrogens is 1. The van der Waals surface area contributed by atoms with Crippen LogP contribution in [0.15, 0.2) is 48.5 Å². The first-order chi connectivity index (χ1) is 14.3. The molecular formula is C21H22F3N3O3S. The van der Waals surface area contributed by atoms with Crippen LogP contribution in [0.5, 0.6) is 0 Å². The fourth-order valence-electron chi connectivity index (χ4n) is 3.07. The Balaban J connectivity index is 1.76. The predicted octanol–water partition coefficient (Wildman–Crippen LogP) is 5.76. The number of benzene rings is 2. The molecule has 0 aliphatic heterocycles. The summed E-state index contributed by atoms with van der Waals surface area (Å²) >= 11 is 0. The highest BCUT2D eigenvalue weighted by Crippen LogP contribution is 2.36. The fourth-order valence-corrected chi connectivity index (χ4v) is 3.71. The first-order valence-corrected chi connectivity index (χ1v) is 11.2. The van der Waals surface area contributed by atoms with Crippen molar-refractivity contribution >= 4 is 33.3 Å². The summed E-state index contributed by atoms with van der Waals surface area (Å²) in [6, 6.07) is 11.4. The van der Waals surface area contributed by atoms with Gasteiger partial charge in [-0.15, -0.1) is 10.8 Å². The lowest BCUT2D eigenvalue weighted by Crippen LogP contribution is -2.26. The largest absolute Gasteiger partial charge is 0.433 e. The van der Waals surface area contributed by atoms with Gasteiger partial charge in [0, 0.05) is 17.2 Å². The Morgan fingerprint density at radius 1 is 1.10 bits per heavy atom. The fraction of sp³-hybridized carbons (Fsp3) is 0.238. The number of hydrogen-bond acceptors (Lipinski definition) is 5. The second-order valence-electron chi connectivity index (χ2n) is 7.31. The van der Waals surface area contributed by atoms with Crippen molar-refractivity contribution < 1.29 is 27.1 Å². The molecule has 3 rings (SSSR count). The monoisotopic (exact) mass is 453 g/mol. The summed E-state index contributed by atoms with van der Waals surface area (Å²) in [4.78, 5) is 16.3. The highest BCUT2D eigenvalue weighted by atomic mass is 32.3. The molecule has 0 spiro atoms. The molecule has 0 bridgehead atoms. The van der Waals surface area contributed by atoms with Gasteiger partial charge in [-0.2, -0.15) is 13.2 Å². The molecule has 0 aliphatic rings. The molecule has 6 nitrogen and oxygen atoms in total. The number of rotatable bonds is 5. The lowest BCUT2D eigenvalue weighted by atomic mass is 10.0. The third kappa shape index (κ3) is 5.66. The van der Waals surface area contributed by atoms with Gasteiger partial charge >= 0.3 is 6.18 Å². The van der Waals surface area contributed by atoms with Gasteiger partial charge in [0.25, 0.3) is 5.91 Å². The third-order valence-corrected chi connectivity index (χ3v) is 5.25. The van der Waals surface area contributed by atoms with Crippen LogP contribution in [-0.2, 0) is 6.18 Å². The Kier molecular flexibility index (Phi) is 6.17. The Morgan fingerprint density at radius 2 is 1.81 bits per heavy atom. The molecule has 166 valence electrons. The standard InChI is InChI=1S/C21H22F3N3O3S/c1-12-10-14(4-7-17(12)27-31(3,29)30)13(2)25-20(28)16-5-8-18-15(11-16)6-9-19(26-18)21(22,23)24/h4-11,13,27,29-30H,1-3H3,(H,25,28)/t13-/m1/s1. The Morgan fingerprint density at radius 3 is 2.42 bits per heavy atom. The summed E-state index contributed by atoms with van der Waals surface area (Å²) in [6.07, 6.45) is -3.25. The Hall–Kier alpha value is -2.82. The van der Waals surface area contributed by atoms with Gasteiger partial charge in [0.05, 0.1) is 17.2 Å². The molecule has 0 unspecified atom stereocenters. The third-order valence-electron chi connectivity index (χ3n) is 4.64. The summed E-state index contributed by atoms with van der Waals surface area (Å²) in [7, 11) is -2.90. The van der Waals surface area contributed by atoms with E-state index in [4.69, 9.17) is 0 Å². The van der Waals surface area contributed by atoms with Crippen molar-refractivity contribution in [1.82, 2.24) is 10.3 Å². The maximum Gasteiger partial charge on any atom is 0.433 e. The topological polar surface area (TPSA) is 94.5 Å². The highest BCUT2D eigenvalue weighted by molar-refractivity contribution is 8.24. The number of nitrogens with zero attached hydrogens (tertiary/aromatic N) is 1. The molecular weight excluding hydrogens is 431 g/mol. The van der Waals surface area contributed by atoms with Crippen LogP contribution in [0.4, 0.5) is 18.9 Å². The molecule has 0 saturated heterocycles. The number of fused-ring (bicyclic) bond motifs is 1. The molecule has 1 atom stereocenters. The number of anilines is 1. The van der Waals surface area contributed by atoms with E-state index in [1.807, 2.05) is 6.07 Å². The molecule has 1 heterocycles. The van der Waals surface area contributed by atoms with Crippen molar-refractivity contribution in [2.45, 2.75) is 26.1 Å². The minimum atomic E-state index is -4.53. The first-order valence-electron chi connectivity index (χ1n) is 9.24. The number of aryl methyl sites for hydroxylation is 1. The number of halogens is 3. The maximum absolute atomic E-state index is 12.8. The molecule has 4 N–H and O–H groups in total. The number of amides is 1. The summed E-state index contributed by atoms with van der Waals surface area (Å²) in [5.41, 5.74) is 1.63. The smallest absolute Gasteiger partial charge is 0.346 e. The van der Waals surface area contributed by atoms with Crippen LogP contribution < -0.4 is 10.0 Å². The van der Waals surface area contributed by atoms with Gasteiger partial charge < -0.3 is 5.32 Å². The maximum atomic E-state index is 12.8. The average molecular weight is 453 g/mol. The predicted molar refractivity (Wildman–Crippen MR) is 116 cm³/mol. The zero-order chi connectivity index (χ0) is 23.0. The molecule has 1 amide bonds. The van der Waals surface area contributed by atoms with Crippen molar-refractivity contribution in [3.8, 4) is 0 Å². The lowest BCUT2D eigenvalue weighted by molar-refractivity contribution is -0.140. The van der Waals surface area contributed by atoms with Crippen molar-refractivity contribution in [1.29, 1.82) is 0 Å². The van der Waals surface area contributed by atoms with Gasteiger partial charge in [-0.25, -0.2) is 4.98 Å². The van der Waals surface area contributed by atoms with Crippen LogP contribution in [0.1, 0.15) is 40.1 Å². The second kappa shape index (κ2) is 8.37. The first kappa shape index (κ1) is 22.9. The number of hydrogen-bond donors (Lipinski definition) is 4. The van der Waals surface area contributed by atoms with E-state index in [1.54, 1.807) is 26.0 Å². The summed E-state index contributed by atoms with van der Waals surface area (Å²) in [5, 5.41) is 3.28. The van der Waals surface area contributed by atoms with E-state index >= 15 is 0 Å². The van der Waals surface area contributed by atoms with Gasteiger partial charge in [-0.05, 0) is 55.3 Å². The quantitative estimate of drug-likeness (QED) is 0.394. The van der Waals surface area contributed by atoms with Gasteiger partial charge in [0.2, 0.25) is 0 Å². The van der Waals surface area contributed by atoms with Crippen LogP contribution in [-0.4, -0.2) is 26.3 Å². The number of alkyl halides is 3. The van der Waals surface area contributed by atoms with Crippen LogP contribution in [0.3, 0.4) is 0 Å². The lowest BCUT2D eigenvalue weighted by Gasteiger charge is -2.29. The van der Waals surface area contributed by atoms with Crippen molar-refractivity contribution in [3.63, 3.8) is 0 Å². The van der Waals surface area contributed by atoms with Gasteiger partial charge in [0.1, 0.15) is 5.69 Å². The van der Waals surface area contributed by atoms with Crippen molar-refractivity contribution in [2.24, 2.45) is 0 Å². The molecule has 0 fully saturated rings. The molecule has 31 heavy (non-hydrogen) atoms. The van der Waals surface area contributed by atoms with Crippen LogP contribution in [0.25, 0.3) is 10.9 Å². The Labute approximate surface area is 179 Å². The van der Waals surface area contributed by atoms with Gasteiger partial charge in [-0.1, -0.05) is 18.2 Å². The molecule has 3 aromatic rings. The van der Waals surface area contributed by atoms with Crippen molar-refractivity contribution in [2.75, 3.05) is 11.0 Å². The summed E-state index contributed by atoms with van der Waals surface area (Å²) in [5.74, 6) is -0.378. The molecule has 0 aliphatic carbocycles. The number of nitrogens with one attached hydrogen (secondary N) is 2. The van der Waals surface area contributed by atoms with E-state index in [0.29, 0.717) is 16.6 Å². The normalized spacial score (nSPS) is 13.7. The van der Waals surface area contributed by atoms with E-state index in [-0.39, 0.29) is 17.5 Å². The SMILES string of the molecule is Cc1cc([C@@H](C)NC(=O)c2ccc3nc(C(F)(F)F)ccc3c2)ccc1NS(C)(O)O. The van der Waals surface area contributed by atoms with E-state index < -0.39 is 22.6 Å². The number of carbonyl (C=O) groups excluding carboxylic acids is 1. The van der Waals surface area contributed by atoms with Gasteiger partial charge in [0.15, 0.2) is 0 Å². The van der Waals surface area contributed by atoms with E-state index in [2.05, 4.69) is 15.0 Å². The molecule has 0 radical (unpaired) electrons. The second-order valence-corrected chi connectivity index (χ2v) is 9.18. The summed E-state index contributed by atoms with van der Waals surface area (Å²) < 4.78 is 60.2. The minimum absolute atomic E-state index is 0.153. The van der Waals surface area contributed by atoms with E-state index in [0.717, 1.165) is 17.2 Å². The summed E-state index contributed by atoms with van der Waals surface area (Å²) in [6.45, 7) is 3.60. The van der Waals surface area contributed by atoms with Crippen LogP contribution in [0.2, 0.25) is 0 Å². The van der Waals surface area contributed by atoms with E-state index in [9.17, 15) is 27.1 Å². The molecule has 2 aromatic carbocycles. The van der Waals surface area contributed by atoms with Gasteiger partial charge in [-0.3, -0.25) is 18.6 Å². The molecule has 10 heteroatoms. The van der Waals surface area contributed by atoms with Crippen molar-refractivity contribution in [3.05, 3.63) is 70.9 Å². The van der Waals surface area contributed by atoms with Crippen LogP contribution >= 0.6 is 10.8 Å². The highest BCUT2D eigenvalue weighted by Gasteiger charge is 2.32. The number of carbonyl (C=O) groups is 1. The zero-order valence-electron chi connectivity index (χ0n) is 17.0. The van der Waals surface area contributed by atoms with Crippen LogP contribution in [0, 0.1) is 6.92 Å². The average Bonchev–Trinajstić information content (AvgIpc) is 2.66. The van der Waals surface area contributed by atoms with E-state index in [1.165, 1.54) is 30.5 Å². The minimum Gasteiger partial charge on any atom is -0.346 e. The Bertz CT molecular complexity index is 1130. The molecule has 1 aromatic heterocycles. The molecule has 0 saturated carbocycles. The zero-order valence-corrected chi connectivity index (χ0v) is 17.8.